The first kappa shape index (κ1) is 23.4. The van der Waals surface area contributed by atoms with Crippen molar-refractivity contribution in [1.82, 2.24) is 15.3 Å². The molecule has 1 fully saturated rings. The lowest BCUT2D eigenvalue weighted by atomic mass is 9.75. The van der Waals surface area contributed by atoms with Crippen molar-refractivity contribution < 1.29 is 14.3 Å². The molecule has 33 heavy (non-hydrogen) atoms. The fraction of sp³-hybridized carbons (Fsp3) is 0.480. The first-order valence-electron chi connectivity index (χ1n) is 11.5. The Morgan fingerprint density at radius 1 is 1.33 bits per heavy atom. The Morgan fingerprint density at radius 2 is 2.06 bits per heavy atom. The molecule has 3 aromatic rings. The van der Waals surface area contributed by atoms with Gasteiger partial charge in [-0.15, -0.1) is 0 Å². The Labute approximate surface area is 197 Å². The minimum atomic E-state index is -0.710. The number of H-pyrrole nitrogens is 1. The predicted molar refractivity (Wildman–Crippen MR) is 131 cm³/mol. The third-order valence-electron chi connectivity index (χ3n) is 6.71. The van der Waals surface area contributed by atoms with Gasteiger partial charge in [0.2, 0.25) is 17.1 Å². The number of fused-ring (bicyclic) bond motifs is 1. The molecule has 0 saturated carbocycles. The first-order chi connectivity index (χ1) is 15.8. The van der Waals surface area contributed by atoms with Crippen molar-refractivity contribution in [3.8, 4) is 5.75 Å². The van der Waals surface area contributed by atoms with Crippen molar-refractivity contribution >= 4 is 28.7 Å². The van der Waals surface area contributed by atoms with E-state index in [1.54, 1.807) is 18.7 Å². The number of carbonyl (C=O) groups is 1. The largest absolute Gasteiger partial charge is 0.502 e. The number of aromatic amines is 1. The molecule has 1 aromatic carbocycles. The van der Waals surface area contributed by atoms with Gasteiger partial charge in [-0.3, -0.25) is 9.59 Å². The molecular weight excluding hydrogens is 438 g/mol. The van der Waals surface area contributed by atoms with Crippen molar-refractivity contribution in [2.45, 2.75) is 57.9 Å². The lowest BCUT2D eigenvalue weighted by molar-refractivity contribution is -0.124. The van der Waals surface area contributed by atoms with Crippen molar-refractivity contribution in [2.24, 2.45) is 5.92 Å². The van der Waals surface area contributed by atoms with E-state index in [1.165, 1.54) is 6.07 Å². The van der Waals surface area contributed by atoms with Crippen LogP contribution in [0.5, 0.6) is 5.75 Å². The second-order valence-electron chi connectivity index (χ2n) is 9.04. The Kier molecular flexibility index (Phi) is 6.83. The van der Waals surface area contributed by atoms with Gasteiger partial charge in [0.1, 0.15) is 11.6 Å². The van der Waals surface area contributed by atoms with Crippen LogP contribution < -0.4 is 10.7 Å². The van der Waals surface area contributed by atoms with Crippen molar-refractivity contribution in [2.75, 3.05) is 11.5 Å². The van der Waals surface area contributed by atoms with Crippen LogP contribution in [0.1, 0.15) is 62.9 Å². The van der Waals surface area contributed by atoms with Crippen molar-refractivity contribution in [3.63, 3.8) is 0 Å². The molecule has 0 unspecified atom stereocenters. The number of hydrogen-bond donors (Lipinski definition) is 3. The monoisotopic (exact) mass is 469 g/mol. The van der Waals surface area contributed by atoms with Crippen LogP contribution in [0.25, 0.3) is 11.0 Å². The van der Waals surface area contributed by atoms with Gasteiger partial charge in [-0.25, -0.2) is 4.98 Å². The summed E-state index contributed by atoms with van der Waals surface area (Å²) in [7, 11) is 0. The van der Waals surface area contributed by atoms with Crippen LogP contribution in [0.3, 0.4) is 0 Å². The van der Waals surface area contributed by atoms with Gasteiger partial charge in [0.25, 0.3) is 0 Å². The maximum Gasteiger partial charge on any atom is 0.227 e. The summed E-state index contributed by atoms with van der Waals surface area (Å²) in [5.41, 5.74) is 0.620. The molecule has 0 spiro atoms. The van der Waals surface area contributed by atoms with Crippen molar-refractivity contribution in [3.05, 3.63) is 57.9 Å². The summed E-state index contributed by atoms with van der Waals surface area (Å²) in [6.07, 6.45) is 2.32. The minimum absolute atomic E-state index is 0.140. The van der Waals surface area contributed by atoms with E-state index in [4.69, 9.17) is 9.40 Å². The van der Waals surface area contributed by atoms with Gasteiger partial charge in [-0.05, 0) is 49.3 Å². The van der Waals surface area contributed by atoms with Crippen LogP contribution in [0.4, 0.5) is 0 Å². The summed E-state index contributed by atoms with van der Waals surface area (Å²) in [5, 5.41) is 13.8. The number of aromatic nitrogens is 2. The molecule has 2 aromatic heterocycles. The Bertz CT molecular complexity index is 1160. The summed E-state index contributed by atoms with van der Waals surface area (Å²) in [4.78, 5) is 33.8. The number of carbonyl (C=O) groups excluding carboxylic acids is 1. The zero-order valence-corrected chi connectivity index (χ0v) is 20.1. The van der Waals surface area contributed by atoms with E-state index in [0.29, 0.717) is 18.6 Å². The second kappa shape index (κ2) is 9.63. The standard InChI is InChI=1S/C25H31N3O4S/c1-4-15(2)21(24-26-17-7-5-6-8-18(17)27-24)28-20(30)14-25(9-11-33-12-10-25)23-22(31)19(29)13-16(3)32-23/h5-8,13,15,21,31H,4,9-12,14H2,1-3H3,(H,26,27)(H,28,30)/t15-,21-/m0/s1. The number of rotatable bonds is 7. The Balaban J connectivity index is 1.64. The summed E-state index contributed by atoms with van der Waals surface area (Å²) in [6, 6.07) is 8.82. The first-order valence-corrected chi connectivity index (χ1v) is 12.6. The average molecular weight is 470 g/mol. The smallest absolute Gasteiger partial charge is 0.227 e. The van der Waals surface area contributed by atoms with Crippen LogP contribution in [-0.2, 0) is 10.2 Å². The van der Waals surface area contributed by atoms with Crippen LogP contribution in [-0.4, -0.2) is 32.5 Å². The third kappa shape index (κ3) is 4.81. The summed E-state index contributed by atoms with van der Waals surface area (Å²) < 4.78 is 5.87. The highest BCUT2D eigenvalue weighted by Gasteiger charge is 2.42. The highest BCUT2D eigenvalue weighted by atomic mass is 32.2. The number of thioether (sulfide) groups is 1. The summed E-state index contributed by atoms with van der Waals surface area (Å²) in [5.74, 6) is 2.73. The Hall–Kier alpha value is -2.74. The highest BCUT2D eigenvalue weighted by molar-refractivity contribution is 7.99. The van der Waals surface area contributed by atoms with E-state index in [9.17, 15) is 14.7 Å². The molecular formula is C25H31N3O4S. The average Bonchev–Trinajstić information content (AvgIpc) is 3.24. The molecule has 4 rings (SSSR count). The van der Waals surface area contributed by atoms with Crippen molar-refractivity contribution in [1.29, 1.82) is 0 Å². The van der Waals surface area contributed by atoms with E-state index in [2.05, 4.69) is 24.1 Å². The number of hydrogen-bond acceptors (Lipinski definition) is 6. The molecule has 1 amide bonds. The van der Waals surface area contributed by atoms with Gasteiger partial charge < -0.3 is 19.8 Å². The SMILES string of the molecule is CC[C@H](C)[C@H](NC(=O)CC1(c2oc(C)cc(=O)c2O)CCSCC1)c1nc2ccccc2[nH]1. The molecule has 1 aliphatic heterocycles. The van der Waals surface area contributed by atoms with Gasteiger partial charge in [-0.2, -0.15) is 11.8 Å². The van der Waals surface area contributed by atoms with E-state index >= 15 is 0 Å². The van der Waals surface area contributed by atoms with E-state index in [-0.39, 0.29) is 35.8 Å². The summed E-state index contributed by atoms with van der Waals surface area (Å²) >= 11 is 1.81. The van der Waals surface area contributed by atoms with Crippen LogP contribution >= 0.6 is 11.8 Å². The molecule has 0 bridgehead atoms. The molecule has 0 aliphatic carbocycles. The molecule has 3 heterocycles. The fourth-order valence-corrected chi connectivity index (χ4v) is 5.85. The van der Waals surface area contributed by atoms with Gasteiger partial charge in [0.05, 0.1) is 17.1 Å². The maximum atomic E-state index is 13.4. The zero-order chi connectivity index (χ0) is 23.6. The number of imidazole rings is 1. The molecule has 0 radical (unpaired) electrons. The van der Waals surface area contributed by atoms with E-state index < -0.39 is 10.8 Å². The van der Waals surface area contributed by atoms with E-state index in [0.717, 1.165) is 34.8 Å². The molecule has 7 nitrogen and oxygen atoms in total. The predicted octanol–water partition coefficient (Wildman–Crippen LogP) is 4.59. The number of para-hydroxylation sites is 2. The lowest BCUT2D eigenvalue weighted by Gasteiger charge is -2.36. The number of nitrogens with one attached hydrogen (secondary N) is 2. The molecule has 1 aliphatic rings. The van der Waals surface area contributed by atoms with E-state index in [1.807, 2.05) is 24.3 Å². The minimum Gasteiger partial charge on any atom is -0.502 e. The second-order valence-corrected chi connectivity index (χ2v) is 10.3. The Morgan fingerprint density at radius 3 is 2.76 bits per heavy atom. The van der Waals surface area contributed by atoms with Gasteiger partial charge in [0, 0.05) is 17.9 Å². The van der Waals surface area contributed by atoms with Crippen LogP contribution in [0, 0.1) is 12.8 Å². The lowest BCUT2D eigenvalue weighted by Crippen LogP contribution is -2.41. The van der Waals surface area contributed by atoms with Crippen LogP contribution in [0.15, 0.2) is 39.5 Å². The number of aryl methyl sites for hydroxylation is 1. The fourth-order valence-electron chi connectivity index (χ4n) is 4.58. The molecule has 176 valence electrons. The quantitative estimate of drug-likeness (QED) is 0.467. The molecule has 8 heteroatoms. The summed E-state index contributed by atoms with van der Waals surface area (Å²) in [6.45, 7) is 5.87. The number of nitrogens with zero attached hydrogens (tertiary/aromatic N) is 1. The van der Waals surface area contributed by atoms with Gasteiger partial charge in [0.15, 0.2) is 5.76 Å². The number of amides is 1. The number of benzene rings is 1. The zero-order valence-electron chi connectivity index (χ0n) is 19.3. The highest BCUT2D eigenvalue weighted by Crippen LogP contribution is 2.44. The number of aromatic hydroxyl groups is 1. The molecule has 3 N–H and O–H groups in total. The van der Waals surface area contributed by atoms with Gasteiger partial charge in [-0.1, -0.05) is 32.4 Å². The van der Waals surface area contributed by atoms with Crippen LogP contribution in [0.2, 0.25) is 0 Å². The topological polar surface area (TPSA) is 108 Å². The third-order valence-corrected chi connectivity index (χ3v) is 7.69. The van der Waals surface area contributed by atoms with Gasteiger partial charge >= 0.3 is 0 Å². The normalized spacial score (nSPS) is 17.5. The molecule has 1 saturated heterocycles. The maximum absolute atomic E-state index is 13.4. The molecule has 2 atom stereocenters.